The fraction of sp³-hybridized carbons (Fsp3) is 0.353. The fourth-order valence-corrected chi connectivity index (χ4v) is 5.61. The predicted molar refractivity (Wildman–Crippen MR) is 164 cm³/mol. The number of hydrogen-bond acceptors (Lipinski definition) is 8. The van der Waals surface area contributed by atoms with Crippen molar-refractivity contribution >= 4 is 22.7 Å². The van der Waals surface area contributed by atoms with Gasteiger partial charge in [0.2, 0.25) is 0 Å². The maximum atomic E-state index is 14.2. The van der Waals surface area contributed by atoms with Crippen LogP contribution in [0.5, 0.6) is 11.5 Å². The van der Waals surface area contributed by atoms with Gasteiger partial charge in [0, 0.05) is 25.8 Å². The zero-order valence-electron chi connectivity index (χ0n) is 25.0. The van der Waals surface area contributed by atoms with Gasteiger partial charge in [-0.2, -0.15) is 5.26 Å². The number of aromatic nitrogens is 3. The van der Waals surface area contributed by atoms with E-state index in [1.165, 1.54) is 18.2 Å². The fourth-order valence-electron chi connectivity index (χ4n) is 5.61. The van der Waals surface area contributed by atoms with Crippen LogP contribution in [0.25, 0.3) is 16.7 Å². The number of carbonyl (C=O) groups is 1. The molecule has 6 rings (SSSR count). The molecular weight excluding hydrogens is 577 g/mol. The van der Waals surface area contributed by atoms with Gasteiger partial charge in [0.25, 0.3) is 0 Å². The van der Waals surface area contributed by atoms with Crippen molar-refractivity contribution < 1.29 is 28.5 Å². The number of halogens is 1. The number of allylic oxidation sites excluding steroid dienone is 1. The molecule has 0 radical (unpaired) electrons. The lowest BCUT2D eigenvalue weighted by Crippen LogP contribution is -2.39. The van der Waals surface area contributed by atoms with E-state index in [-0.39, 0.29) is 30.1 Å². The Hall–Kier alpha value is -4.79. The van der Waals surface area contributed by atoms with Crippen molar-refractivity contribution in [2.45, 2.75) is 58.1 Å². The molecule has 2 aliphatic heterocycles. The number of likely N-dealkylation sites (tertiary alicyclic amines) is 1. The van der Waals surface area contributed by atoms with Crippen LogP contribution in [0.15, 0.2) is 60.7 Å². The summed E-state index contributed by atoms with van der Waals surface area (Å²) in [7, 11) is 0. The van der Waals surface area contributed by atoms with Crippen LogP contribution in [-0.4, -0.2) is 62.4 Å². The minimum absolute atomic E-state index is 0.0591. The Morgan fingerprint density at radius 2 is 1.98 bits per heavy atom. The number of fused-ring (bicyclic) bond motifs is 1. The van der Waals surface area contributed by atoms with Crippen LogP contribution in [0, 0.1) is 17.1 Å². The summed E-state index contributed by atoms with van der Waals surface area (Å²) < 4.78 is 34.0. The van der Waals surface area contributed by atoms with Crippen LogP contribution in [0.1, 0.15) is 48.8 Å². The van der Waals surface area contributed by atoms with E-state index >= 15 is 0 Å². The largest absolute Gasteiger partial charge is 0.490 e. The molecule has 0 spiro atoms. The number of rotatable bonds is 11. The van der Waals surface area contributed by atoms with Crippen LogP contribution in [-0.2, 0) is 29.2 Å². The summed E-state index contributed by atoms with van der Waals surface area (Å²) in [6.45, 7) is 5.67. The van der Waals surface area contributed by atoms with Gasteiger partial charge in [0.1, 0.15) is 29.8 Å². The van der Waals surface area contributed by atoms with E-state index in [0.717, 1.165) is 73.3 Å². The van der Waals surface area contributed by atoms with E-state index in [2.05, 4.69) is 9.47 Å². The van der Waals surface area contributed by atoms with Gasteiger partial charge in [-0.05, 0) is 79.8 Å². The topological polar surface area (TPSA) is 123 Å². The maximum absolute atomic E-state index is 14.2. The summed E-state index contributed by atoms with van der Waals surface area (Å²) in [5, 5.41) is 18.1. The Morgan fingerprint density at radius 3 is 2.69 bits per heavy atom. The molecule has 11 heteroatoms. The Labute approximate surface area is 260 Å². The summed E-state index contributed by atoms with van der Waals surface area (Å²) in [5.41, 5.74) is 3.81. The quantitative estimate of drug-likeness (QED) is 0.224. The van der Waals surface area contributed by atoms with Crippen molar-refractivity contribution in [3.8, 4) is 17.6 Å². The number of nitrogens with zero attached hydrogens (tertiary/aromatic N) is 5. The lowest BCUT2D eigenvalue weighted by Gasteiger charge is -2.32. The van der Waals surface area contributed by atoms with Crippen LogP contribution in [0.2, 0.25) is 0 Å². The number of ether oxygens (including phenoxy) is 3. The van der Waals surface area contributed by atoms with Crippen molar-refractivity contribution in [3.05, 3.63) is 89.1 Å². The molecule has 2 aromatic heterocycles. The Bertz CT molecular complexity index is 1770. The van der Waals surface area contributed by atoms with Crippen LogP contribution in [0.4, 0.5) is 4.39 Å². The highest BCUT2D eigenvalue weighted by Crippen LogP contribution is 2.26. The molecule has 45 heavy (non-hydrogen) atoms. The number of carboxylic acid groups (broad SMARTS) is 1. The minimum Gasteiger partial charge on any atom is -0.490 e. The highest BCUT2D eigenvalue weighted by molar-refractivity contribution is 5.89. The molecule has 2 aliphatic rings. The standard InChI is InChI=1S/C34H34FN5O5/c1-22(15-33(41)42)29-6-7-30-34(38-29)40(19-27-11-14-43-27)32(37-30)20-39-12-9-25(10-13-39)45-26-4-2-3-24(16-26)21-44-31-8-5-23(18-36)17-28(31)35/h2-8,15-17,25,27H,9-14,19-21H2,1H3,(H,41,42)/b22-15+/t27-/m0/s1. The van der Waals surface area contributed by atoms with Crippen molar-refractivity contribution in [1.29, 1.82) is 5.26 Å². The number of nitriles is 1. The van der Waals surface area contributed by atoms with E-state index in [1.54, 1.807) is 6.92 Å². The molecular formula is C34H34FN5O5. The molecule has 0 aliphatic carbocycles. The summed E-state index contributed by atoms with van der Waals surface area (Å²) in [4.78, 5) is 23.3. The monoisotopic (exact) mass is 611 g/mol. The second-order valence-electron chi connectivity index (χ2n) is 11.4. The highest BCUT2D eigenvalue weighted by Gasteiger charge is 2.26. The highest BCUT2D eigenvalue weighted by atomic mass is 19.1. The Kier molecular flexibility index (Phi) is 9.05. The van der Waals surface area contributed by atoms with Gasteiger partial charge < -0.3 is 23.9 Å². The zero-order valence-corrected chi connectivity index (χ0v) is 25.0. The Balaban J connectivity index is 1.07. The molecule has 4 heterocycles. The number of carboxylic acids is 1. The number of aliphatic carboxylic acids is 1. The van der Waals surface area contributed by atoms with E-state index in [4.69, 9.17) is 29.4 Å². The molecule has 1 N–H and O–H groups in total. The summed E-state index contributed by atoms with van der Waals surface area (Å²) >= 11 is 0. The number of imidazole rings is 1. The minimum atomic E-state index is -1.00. The average molecular weight is 612 g/mol. The molecule has 0 amide bonds. The number of pyridine rings is 1. The lowest BCUT2D eigenvalue weighted by molar-refractivity contribution is -0.131. The van der Waals surface area contributed by atoms with Crippen molar-refractivity contribution in [1.82, 2.24) is 19.4 Å². The zero-order chi connectivity index (χ0) is 31.3. The molecule has 232 valence electrons. The third-order valence-electron chi connectivity index (χ3n) is 8.15. The summed E-state index contributed by atoms with van der Waals surface area (Å²) in [5.74, 6) is 0.186. The first kappa shape index (κ1) is 30.2. The first-order chi connectivity index (χ1) is 21.8. The molecule has 2 aromatic carbocycles. The second-order valence-corrected chi connectivity index (χ2v) is 11.4. The first-order valence-corrected chi connectivity index (χ1v) is 15.0. The van der Waals surface area contributed by atoms with Crippen molar-refractivity contribution in [3.63, 3.8) is 0 Å². The third kappa shape index (κ3) is 7.30. The average Bonchev–Trinajstić information content (AvgIpc) is 3.34. The number of piperidine rings is 1. The van der Waals surface area contributed by atoms with E-state index < -0.39 is 11.8 Å². The Morgan fingerprint density at radius 1 is 1.16 bits per heavy atom. The number of benzene rings is 2. The van der Waals surface area contributed by atoms with Gasteiger partial charge >= 0.3 is 5.97 Å². The van der Waals surface area contributed by atoms with Crippen LogP contribution < -0.4 is 9.47 Å². The predicted octanol–water partition coefficient (Wildman–Crippen LogP) is 5.34. The van der Waals surface area contributed by atoms with E-state index in [0.29, 0.717) is 24.4 Å². The van der Waals surface area contributed by atoms with Crippen molar-refractivity contribution in [2.24, 2.45) is 0 Å². The molecule has 4 aromatic rings. The molecule has 0 bridgehead atoms. The first-order valence-electron chi connectivity index (χ1n) is 15.0. The second kappa shape index (κ2) is 13.5. The normalized spacial score (nSPS) is 17.5. The molecule has 2 fully saturated rings. The third-order valence-corrected chi connectivity index (χ3v) is 8.15. The van der Waals surface area contributed by atoms with E-state index in [1.807, 2.05) is 42.5 Å². The van der Waals surface area contributed by atoms with Gasteiger partial charge in [-0.25, -0.2) is 19.2 Å². The van der Waals surface area contributed by atoms with Gasteiger partial charge in [0.05, 0.1) is 36.5 Å². The molecule has 2 saturated heterocycles. The van der Waals surface area contributed by atoms with Gasteiger partial charge in [-0.15, -0.1) is 0 Å². The summed E-state index contributed by atoms with van der Waals surface area (Å²) in [6.07, 6.45) is 4.03. The SMILES string of the molecule is C/C(=C\C(=O)O)c1ccc2nc(CN3CCC(Oc4cccc(COc5ccc(C#N)cc5F)c4)CC3)n(C[C@@H]3CCO3)c2n1. The van der Waals surface area contributed by atoms with Gasteiger partial charge in [-0.3, -0.25) is 4.90 Å². The van der Waals surface area contributed by atoms with Gasteiger partial charge in [0.15, 0.2) is 17.2 Å². The number of hydrogen-bond donors (Lipinski definition) is 1. The van der Waals surface area contributed by atoms with Crippen LogP contribution >= 0.6 is 0 Å². The van der Waals surface area contributed by atoms with Gasteiger partial charge in [-0.1, -0.05) is 12.1 Å². The van der Waals surface area contributed by atoms with Crippen LogP contribution in [0.3, 0.4) is 0 Å². The smallest absolute Gasteiger partial charge is 0.328 e. The maximum Gasteiger partial charge on any atom is 0.328 e. The van der Waals surface area contributed by atoms with E-state index in [9.17, 15) is 14.3 Å². The molecule has 0 saturated carbocycles. The lowest BCUT2D eigenvalue weighted by atomic mass is 10.1. The molecule has 0 unspecified atom stereocenters. The summed E-state index contributed by atoms with van der Waals surface area (Å²) in [6, 6.07) is 17.4. The molecule has 1 atom stereocenters. The molecule has 10 nitrogen and oxygen atoms in total. The van der Waals surface area contributed by atoms with Crippen molar-refractivity contribution in [2.75, 3.05) is 19.7 Å².